The Morgan fingerprint density at radius 2 is 1.88 bits per heavy atom. The molecule has 0 spiro atoms. The molecular formula is C13H17Cl2NO. The van der Waals surface area contributed by atoms with E-state index in [0.717, 1.165) is 12.1 Å². The van der Waals surface area contributed by atoms with Crippen LogP contribution in [0.4, 0.5) is 0 Å². The van der Waals surface area contributed by atoms with Crippen LogP contribution < -0.4 is 5.32 Å². The second-order valence-electron chi connectivity index (χ2n) is 5.39. The Labute approximate surface area is 112 Å². The standard InChI is InChI=1S/C13H17Cl2NO/c1-12(2)8-17-13(3,7-16-12)9-4-5-10(14)11(15)6-9/h4-6,16H,7-8H2,1-3H3. The van der Waals surface area contributed by atoms with E-state index in [1.54, 1.807) is 0 Å². The lowest BCUT2D eigenvalue weighted by Crippen LogP contribution is -2.56. The van der Waals surface area contributed by atoms with Crippen molar-refractivity contribution in [3.63, 3.8) is 0 Å². The molecule has 1 aromatic rings. The smallest absolute Gasteiger partial charge is 0.103 e. The van der Waals surface area contributed by atoms with Gasteiger partial charge in [0.25, 0.3) is 0 Å². The van der Waals surface area contributed by atoms with Crippen LogP contribution in [0, 0.1) is 0 Å². The third kappa shape index (κ3) is 2.76. The fraction of sp³-hybridized carbons (Fsp3) is 0.538. The number of benzene rings is 1. The van der Waals surface area contributed by atoms with Crippen molar-refractivity contribution in [3.8, 4) is 0 Å². The molecule has 2 nitrogen and oxygen atoms in total. The predicted octanol–water partition coefficient (Wildman–Crippen LogP) is 3.61. The maximum atomic E-state index is 6.04. The highest BCUT2D eigenvalue weighted by Crippen LogP contribution is 2.33. The van der Waals surface area contributed by atoms with Crippen molar-refractivity contribution in [1.82, 2.24) is 5.32 Å². The van der Waals surface area contributed by atoms with Crippen molar-refractivity contribution in [2.75, 3.05) is 13.2 Å². The van der Waals surface area contributed by atoms with Crippen LogP contribution in [-0.4, -0.2) is 18.7 Å². The quantitative estimate of drug-likeness (QED) is 0.844. The van der Waals surface area contributed by atoms with Gasteiger partial charge in [-0.2, -0.15) is 0 Å². The summed E-state index contributed by atoms with van der Waals surface area (Å²) in [5.74, 6) is 0. The molecule has 0 amide bonds. The molecule has 2 rings (SSSR count). The molecule has 1 saturated heterocycles. The third-order valence-corrected chi connectivity index (χ3v) is 3.93. The van der Waals surface area contributed by atoms with Crippen LogP contribution in [0.3, 0.4) is 0 Å². The molecule has 1 N–H and O–H groups in total. The first-order valence-electron chi connectivity index (χ1n) is 5.67. The summed E-state index contributed by atoms with van der Waals surface area (Å²) < 4.78 is 6.00. The van der Waals surface area contributed by atoms with Gasteiger partial charge in [-0.1, -0.05) is 29.3 Å². The normalized spacial score (nSPS) is 28.1. The van der Waals surface area contributed by atoms with E-state index in [9.17, 15) is 0 Å². The van der Waals surface area contributed by atoms with Crippen molar-refractivity contribution in [2.45, 2.75) is 31.9 Å². The topological polar surface area (TPSA) is 21.3 Å². The fourth-order valence-corrected chi connectivity index (χ4v) is 2.16. The average Bonchev–Trinajstić information content (AvgIpc) is 2.27. The Bertz CT molecular complexity index is 421. The van der Waals surface area contributed by atoms with Crippen LogP contribution in [0.25, 0.3) is 0 Å². The lowest BCUT2D eigenvalue weighted by Gasteiger charge is -2.42. The van der Waals surface area contributed by atoms with Crippen LogP contribution in [0.15, 0.2) is 18.2 Å². The molecular weight excluding hydrogens is 257 g/mol. The van der Waals surface area contributed by atoms with Crippen LogP contribution >= 0.6 is 23.2 Å². The van der Waals surface area contributed by atoms with Crippen molar-refractivity contribution >= 4 is 23.2 Å². The summed E-state index contributed by atoms with van der Waals surface area (Å²) in [5.41, 5.74) is 0.731. The van der Waals surface area contributed by atoms with E-state index in [0.29, 0.717) is 16.7 Å². The summed E-state index contributed by atoms with van der Waals surface area (Å²) in [4.78, 5) is 0. The van der Waals surface area contributed by atoms with Gasteiger partial charge in [-0.3, -0.25) is 0 Å². The number of nitrogens with one attached hydrogen (secondary N) is 1. The Balaban J connectivity index is 2.24. The summed E-state index contributed by atoms with van der Waals surface area (Å²) in [6, 6.07) is 5.66. The first-order valence-corrected chi connectivity index (χ1v) is 6.43. The highest BCUT2D eigenvalue weighted by Gasteiger charge is 2.36. The van der Waals surface area contributed by atoms with Gasteiger partial charge in [0.15, 0.2) is 0 Å². The molecule has 0 saturated carbocycles. The van der Waals surface area contributed by atoms with Gasteiger partial charge in [0, 0.05) is 12.1 Å². The number of halogens is 2. The average molecular weight is 274 g/mol. The molecule has 1 atom stereocenters. The van der Waals surface area contributed by atoms with Gasteiger partial charge in [0.1, 0.15) is 5.60 Å². The molecule has 0 radical (unpaired) electrons. The van der Waals surface area contributed by atoms with Gasteiger partial charge in [0.2, 0.25) is 0 Å². The summed E-state index contributed by atoms with van der Waals surface area (Å²) >= 11 is 12.0. The van der Waals surface area contributed by atoms with Crippen molar-refractivity contribution in [2.24, 2.45) is 0 Å². The Kier molecular flexibility index (Phi) is 3.43. The molecule has 17 heavy (non-hydrogen) atoms. The summed E-state index contributed by atoms with van der Waals surface area (Å²) in [5, 5.41) is 4.62. The van der Waals surface area contributed by atoms with Crippen LogP contribution in [0.1, 0.15) is 26.3 Å². The second-order valence-corrected chi connectivity index (χ2v) is 6.20. The van der Waals surface area contributed by atoms with Gasteiger partial charge in [-0.25, -0.2) is 0 Å². The highest BCUT2D eigenvalue weighted by atomic mass is 35.5. The van der Waals surface area contributed by atoms with Crippen LogP contribution in [-0.2, 0) is 10.3 Å². The van der Waals surface area contributed by atoms with Crippen molar-refractivity contribution in [1.29, 1.82) is 0 Å². The largest absolute Gasteiger partial charge is 0.367 e. The maximum absolute atomic E-state index is 6.04. The lowest BCUT2D eigenvalue weighted by molar-refractivity contribution is -0.0949. The molecule has 4 heteroatoms. The number of hydrogen-bond acceptors (Lipinski definition) is 2. The zero-order valence-corrected chi connectivity index (χ0v) is 11.8. The minimum atomic E-state index is -0.344. The second kappa shape index (κ2) is 4.43. The Morgan fingerprint density at radius 1 is 1.18 bits per heavy atom. The molecule has 0 bridgehead atoms. The van der Waals surface area contributed by atoms with Crippen molar-refractivity contribution < 1.29 is 4.74 Å². The van der Waals surface area contributed by atoms with Gasteiger partial charge in [0.05, 0.1) is 16.7 Å². The number of morpholine rings is 1. The molecule has 1 aliphatic heterocycles. The van der Waals surface area contributed by atoms with Crippen molar-refractivity contribution in [3.05, 3.63) is 33.8 Å². The minimum Gasteiger partial charge on any atom is -0.367 e. The molecule has 0 aliphatic carbocycles. The highest BCUT2D eigenvalue weighted by molar-refractivity contribution is 6.42. The van der Waals surface area contributed by atoms with E-state index in [1.807, 2.05) is 18.2 Å². The first kappa shape index (κ1) is 13.2. The first-order chi connectivity index (χ1) is 7.82. The number of rotatable bonds is 1. The zero-order valence-electron chi connectivity index (χ0n) is 10.3. The number of hydrogen-bond donors (Lipinski definition) is 1. The minimum absolute atomic E-state index is 0.0235. The van der Waals surface area contributed by atoms with E-state index in [-0.39, 0.29) is 11.1 Å². The van der Waals surface area contributed by atoms with E-state index in [2.05, 4.69) is 26.1 Å². The van der Waals surface area contributed by atoms with Crippen LogP contribution in [0.2, 0.25) is 10.0 Å². The molecule has 1 fully saturated rings. The van der Waals surface area contributed by atoms with E-state index in [4.69, 9.17) is 27.9 Å². The summed E-state index contributed by atoms with van der Waals surface area (Å²) in [6.07, 6.45) is 0. The Morgan fingerprint density at radius 3 is 2.41 bits per heavy atom. The van der Waals surface area contributed by atoms with Crippen LogP contribution in [0.5, 0.6) is 0 Å². The fourth-order valence-electron chi connectivity index (χ4n) is 1.86. The molecule has 1 aromatic carbocycles. The van der Waals surface area contributed by atoms with E-state index >= 15 is 0 Å². The predicted molar refractivity (Wildman–Crippen MR) is 71.8 cm³/mol. The molecule has 1 heterocycles. The Hall–Kier alpha value is -0.280. The molecule has 94 valence electrons. The van der Waals surface area contributed by atoms with E-state index in [1.165, 1.54) is 0 Å². The third-order valence-electron chi connectivity index (χ3n) is 3.19. The van der Waals surface area contributed by atoms with E-state index < -0.39 is 0 Å². The summed E-state index contributed by atoms with van der Waals surface area (Å²) in [6.45, 7) is 7.75. The maximum Gasteiger partial charge on any atom is 0.103 e. The zero-order chi connectivity index (χ0) is 12.7. The van der Waals surface area contributed by atoms with Gasteiger partial charge in [-0.15, -0.1) is 0 Å². The molecule has 1 unspecified atom stereocenters. The number of ether oxygens (including phenoxy) is 1. The molecule has 1 aliphatic rings. The van der Waals surface area contributed by atoms with Gasteiger partial charge < -0.3 is 10.1 Å². The van der Waals surface area contributed by atoms with Gasteiger partial charge >= 0.3 is 0 Å². The SMILES string of the molecule is CC1(C)COC(C)(c2ccc(Cl)c(Cl)c2)CN1. The lowest BCUT2D eigenvalue weighted by atomic mass is 9.91. The van der Waals surface area contributed by atoms with Gasteiger partial charge in [-0.05, 0) is 38.5 Å². The molecule has 0 aromatic heterocycles. The monoisotopic (exact) mass is 273 g/mol. The summed E-state index contributed by atoms with van der Waals surface area (Å²) in [7, 11) is 0.